The zero-order valence-corrected chi connectivity index (χ0v) is 19.3. The Morgan fingerprint density at radius 1 is 1.13 bits per heavy atom. The summed E-state index contributed by atoms with van der Waals surface area (Å²) in [6.45, 7) is 8.91. The van der Waals surface area contributed by atoms with Crippen LogP contribution in [0.4, 0.5) is 0 Å². The first kappa shape index (κ1) is 22.7. The zero-order chi connectivity index (χ0) is 21.2. The minimum absolute atomic E-state index is 0.332. The van der Waals surface area contributed by atoms with E-state index in [0.717, 1.165) is 51.9 Å². The second-order valence-electron chi connectivity index (χ2n) is 7.76. The van der Waals surface area contributed by atoms with E-state index in [1.807, 2.05) is 11.3 Å². The van der Waals surface area contributed by atoms with Crippen LogP contribution in [0.2, 0.25) is 0 Å². The standard InChI is InChI=1S/C23H35N5OS/c1-4-24-23(25-16-19-8-5-6-9-20(19)18-27(2)3)26-17-21(22-10-7-15-30-22)28-11-13-29-14-12-28/h5-10,15,21H,4,11-14,16-18H2,1-3H3,(H2,24,25,26). The molecule has 1 aliphatic rings. The van der Waals surface area contributed by atoms with Crippen LogP contribution >= 0.6 is 11.3 Å². The van der Waals surface area contributed by atoms with Crippen molar-refractivity contribution in [2.24, 2.45) is 4.99 Å². The Bertz CT molecular complexity index is 772. The van der Waals surface area contributed by atoms with Gasteiger partial charge in [0.25, 0.3) is 0 Å². The number of rotatable bonds is 9. The molecular formula is C23H35N5OS. The second kappa shape index (κ2) is 12.1. The maximum Gasteiger partial charge on any atom is 0.191 e. The highest BCUT2D eigenvalue weighted by atomic mass is 32.1. The first-order valence-electron chi connectivity index (χ1n) is 10.8. The molecule has 1 aliphatic heterocycles. The number of hydrogen-bond acceptors (Lipinski definition) is 5. The molecule has 6 nitrogen and oxygen atoms in total. The summed E-state index contributed by atoms with van der Waals surface area (Å²) in [5.74, 6) is 0.868. The van der Waals surface area contributed by atoms with Gasteiger partial charge in [-0.3, -0.25) is 4.90 Å². The number of nitrogens with one attached hydrogen (secondary N) is 2. The van der Waals surface area contributed by atoms with Crippen LogP contribution in [0.5, 0.6) is 0 Å². The third-order valence-corrected chi connectivity index (χ3v) is 6.15. The van der Waals surface area contributed by atoms with Crippen LogP contribution in [0.25, 0.3) is 0 Å². The van der Waals surface area contributed by atoms with E-state index < -0.39 is 0 Å². The van der Waals surface area contributed by atoms with Crippen molar-refractivity contribution in [3.63, 3.8) is 0 Å². The summed E-state index contributed by atoms with van der Waals surface area (Å²) in [5.41, 5.74) is 2.60. The largest absolute Gasteiger partial charge is 0.379 e. The number of benzene rings is 1. The fourth-order valence-electron chi connectivity index (χ4n) is 3.69. The van der Waals surface area contributed by atoms with E-state index in [4.69, 9.17) is 9.73 Å². The van der Waals surface area contributed by atoms with Crippen molar-refractivity contribution in [2.75, 3.05) is 53.5 Å². The highest BCUT2D eigenvalue weighted by Crippen LogP contribution is 2.25. The van der Waals surface area contributed by atoms with Crippen molar-refractivity contribution < 1.29 is 4.74 Å². The minimum atomic E-state index is 0.332. The molecule has 1 unspecified atom stereocenters. The van der Waals surface area contributed by atoms with E-state index in [1.165, 1.54) is 16.0 Å². The molecule has 0 saturated carbocycles. The molecule has 1 atom stereocenters. The van der Waals surface area contributed by atoms with Gasteiger partial charge in [0.05, 0.1) is 25.8 Å². The van der Waals surface area contributed by atoms with Crippen LogP contribution in [0.15, 0.2) is 46.8 Å². The topological polar surface area (TPSA) is 52.1 Å². The van der Waals surface area contributed by atoms with Crippen LogP contribution in [0.1, 0.15) is 29.0 Å². The molecule has 0 radical (unpaired) electrons. The van der Waals surface area contributed by atoms with E-state index >= 15 is 0 Å². The number of thiophene rings is 1. The Kier molecular flexibility index (Phi) is 9.14. The molecule has 164 valence electrons. The van der Waals surface area contributed by atoms with Crippen molar-refractivity contribution in [1.82, 2.24) is 20.4 Å². The van der Waals surface area contributed by atoms with Crippen molar-refractivity contribution in [3.05, 3.63) is 57.8 Å². The SMILES string of the molecule is CCNC(=NCc1ccccc1CN(C)C)NCC(c1cccs1)N1CCOCC1. The van der Waals surface area contributed by atoms with Crippen molar-refractivity contribution in [3.8, 4) is 0 Å². The fraction of sp³-hybridized carbons (Fsp3) is 0.522. The average Bonchev–Trinajstić information content (AvgIpc) is 3.28. The number of hydrogen-bond donors (Lipinski definition) is 2. The average molecular weight is 430 g/mol. The van der Waals surface area contributed by atoms with Gasteiger partial charge in [0.2, 0.25) is 0 Å². The summed E-state index contributed by atoms with van der Waals surface area (Å²) in [5, 5.41) is 9.15. The molecule has 0 bridgehead atoms. The van der Waals surface area contributed by atoms with Gasteiger partial charge in [-0.25, -0.2) is 4.99 Å². The molecule has 0 spiro atoms. The Balaban J connectivity index is 1.68. The molecule has 30 heavy (non-hydrogen) atoms. The lowest BCUT2D eigenvalue weighted by molar-refractivity contribution is 0.0177. The molecule has 7 heteroatoms. The predicted molar refractivity (Wildman–Crippen MR) is 126 cm³/mol. The van der Waals surface area contributed by atoms with E-state index in [9.17, 15) is 0 Å². The summed E-state index contributed by atoms with van der Waals surface area (Å²) >= 11 is 1.82. The number of morpholine rings is 1. The molecule has 1 aromatic carbocycles. The van der Waals surface area contributed by atoms with E-state index in [1.54, 1.807) is 0 Å². The van der Waals surface area contributed by atoms with E-state index in [0.29, 0.717) is 12.6 Å². The van der Waals surface area contributed by atoms with Gasteiger partial charge in [-0.05, 0) is 43.6 Å². The lowest BCUT2D eigenvalue weighted by Gasteiger charge is -2.34. The number of nitrogens with zero attached hydrogens (tertiary/aromatic N) is 3. The molecule has 1 aromatic heterocycles. The molecule has 1 saturated heterocycles. The third kappa shape index (κ3) is 6.80. The molecule has 2 N–H and O–H groups in total. The molecular weight excluding hydrogens is 394 g/mol. The van der Waals surface area contributed by atoms with Crippen LogP contribution in [0, 0.1) is 0 Å². The van der Waals surface area contributed by atoms with Gasteiger partial charge in [-0.15, -0.1) is 11.3 Å². The Morgan fingerprint density at radius 2 is 1.90 bits per heavy atom. The van der Waals surface area contributed by atoms with E-state index in [2.05, 4.69) is 83.2 Å². The number of aliphatic imine (C=N–C) groups is 1. The van der Waals surface area contributed by atoms with Crippen LogP contribution in [-0.2, 0) is 17.8 Å². The third-order valence-electron chi connectivity index (χ3n) is 5.18. The maximum absolute atomic E-state index is 5.56. The highest BCUT2D eigenvalue weighted by Gasteiger charge is 2.23. The zero-order valence-electron chi connectivity index (χ0n) is 18.4. The van der Waals surface area contributed by atoms with Crippen molar-refractivity contribution in [1.29, 1.82) is 0 Å². The number of ether oxygens (including phenoxy) is 1. The van der Waals surface area contributed by atoms with Crippen molar-refractivity contribution >= 4 is 17.3 Å². The summed E-state index contributed by atoms with van der Waals surface area (Å²) < 4.78 is 5.56. The van der Waals surface area contributed by atoms with Gasteiger partial charge in [0.1, 0.15) is 0 Å². The normalized spacial score (nSPS) is 16.6. The monoisotopic (exact) mass is 429 g/mol. The van der Waals surface area contributed by atoms with Crippen LogP contribution < -0.4 is 10.6 Å². The number of guanidine groups is 1. The summed E-state index contributed by atoms with van der Waals surface area (Å²) in [7, 11) is 4.20. The minimum Gasteiger partial charge on any atom is -0.379 e. The molecule has 3 rings (SSSR count). The summed E-state index contributed by atoms with van der Waals surface area (Å²) in [6.07, 6.45) is 0. The molecule has 2 aromatic rings. The van der Waals surface area contributed by atoms with Gasteiger partial charge < -0.3 is 20.3 Å². The Hall–Kier alpha value is -1.93. The van der Waals surface area contributed by atoms with Gasteiger partial charge in [0.15, 0.2) is 5.96 Å². The molecule has 0 aliphatic carbocycles. The van der Waals surface area contributed by atoms with Gasteiger partial charge in [-0.1, -0.05) is 30.3 Å². The fourth-order valence-corrected chi connectivity index (χ4v) is 4.55. The summed E-state index contributed by atoms with van der Waals surface area (Å²) in [4.78, 5) is 11.0. The Morgan fingerprint density at radius 3 is 2.57 bits per heavy atom. The van der Waals surface area contributed by atoms with Crippen molar-refractivity contribution in [2.45, 2.75) is 26.1 Å². The Labute approximate surface area is 184 Å². The van der Waals surface area contributed by atoms with Gasteiger partial charge in [0, 0.05) is 37.6 Å². The van der Waals surface area contributed by atoms with Gasteiger partial charge in [-0.2, -0.15) is 0 Å². The predicted octanol–water partition coefficient (Wildman–Crippen LogP) is 2.94. The quantitative estimate of drug-likeness (QED) is 0.474. The molecule has 1 fully saturated rings. The maximum atomic E-state index is 5.56. The second-order valence-corrected chi connectivity index (χ2v) is 8.74. The highest BCUT2D eigenvalue weighted by molar-refractivity contribution is 7.10. The molecule has 2 heterocycles. The van der Waals surface area contributed by atoms with Crippen LogP contribution in [-0.4, -0.2) is 69.2 Å². The first-order chi connectivity index (χ1) is 14.7. The lowest BCUT2D eigenvalue weighted by atomic mass is 10.1. The molecule has 0 amide bonds. The van der Waals surface area contributed by atoms with E-state index in [-0.39, 0.29) is 0 Å². The summed E-state index contributed by atoms with van der Waals surface area (Å²) in [6, 6.07) is 13.3. The van der Waals surface area contributed by atoms with Gasteiger partial charge >= 0.3 is 0 Å². The van der Waals surface area contributed by atoms with Crippen LogP contribution in [0.3, 0.4) is 0 Å². The lowest BCUT2D eigenvalue weighted by Crippen LogP contribution is -2.46. The smallest absolute Gasteiger partial charge is 0.191 e. The first-order valence-corrected chi connectivity index (χ1v) is 11.6.